The van der Waals surface area contributed by atoms with E-state index in [1.54, 1.807) is 43.6 Å². The van der Waals surface area contributed by atoms with Crippen LogP contribution in [0.1, 0.15) is 37.5 Å². The molecule has 4 N–H and O–H groups in total. The number of halogens is 3. The molecule has 262 valence electrons. The number of nitrogens with one attached hydrogen (secondary N) is 3. The first-order chi connectivity index (χ1) is 23.4. The van der Waals surface area contributed by atoms with E-state index >= 15 is 0 Å². The predicted molar refractivity (Wildman–Crippen MR) is 176 cm³/mol. The van der Waals surface area contributed by atoms with E-state index in [2.05, 4.69) is 39.7 Å². The predicted octanol–water partition coefficient (Wildman–Crippen LogP) is 7.33. The van der Waals surface area contributed by atoms with E-state index in [9.17, 15) is 22.8 Å². The van der Waals surface area contributed by atoms with Gasteiger partial charge in [0.1, 0.15) is 11.9 Å². The number of amides is 3. The average Bonchev–Trinajstić information content (AvgIpc) is 3.62. The molecule has 0 aliphatic rings. The zero-order valence-corrected chi connectivity index (χ0v) is 27.1. The van der Waals surface area contributed by atoms with Crippen molar-refractivity contribution < 1.29 is 46.6 Å². The molecule has 1 atom stereocenters. The molecular formula is C34H38F3N5O7. The molecule has 0 saturated heterocycles. The SMILES string of the molecule is CCCN(CC)C[C@@H](OC(=O)NCc1cccc(NC(=O)Nc2ccc(-c3cnco3)c(OC)c2)c1)c1ccccc1.O=C(O)C(F)(F)F. The summed E-state index contributed by atoms with van der Waals surface area (Å²) in [5.41, 5.74) is 3.59. The second kappa shape index (κ2) is 18.7. The summed E-state index contributed by atoms with van der Waals surface area (Å²) in [6, 6.07) is 21.8. The number of ether oxygens (including phenoxy) is 2. The summed E-state index contributed by atoms with van der Waals surface area (Å²) in [5, 5.41) is 15.6. The minimum absolute atomic E-state index is 0.240. The van der Waals surface area contributed by atoms with E-state index in [0.717, 1.165) is 36.2 Å². The van der Waals surface area contributed by atoms with E-state index in [1.165, 1.54) is 6.39 Å². The Bertz CT molecular complexity index is 1640. The van der Waals surface area contributed by atoms with Gasteiger partial charge in [0.15, 0.2) is 12.2 Å². The molecule has 0 spiro atoms. The van der Waals surface area contributed by atoms with E-state index in [0.29, 0.717) is 29.4 Å². The topological polar surface area (TPSA) is 155 Å². The number of carbonyl (C=O) groups excluding carboxylic acids is 2. The third-order valence-electron chi connectivity index (χ3n) is 6.85. The molecule has 49 heavy (non-hydrogen) atoms. The van der Waals surface area contributed by atoms with Gasteiger partial charge in [-0.2, -0.15) is 13.2 Å². The van der Waals surface area contributed by atoms with Gasteiger partial charge in [0.25, 0.3) is 0 Å². The number of benzene rings is 3. The number of methoxy groups -OCH3 is 1. The number of alkyl carbamates (subject to hydrolysis) is 1. The third-order valence-corrected chi connectivity index (χ3v) is 6.85. The highest BCUT2D eigenvalue weighted by Gasteiger charge is 2.38. The maximum Gasteiger partial charge on any atom is 0.490 e. The number of nitrogens with zero attached hydrogens (tertiary/aromatic N) is 2. The number of likely N-dealkylation sites (N-methyl/N-ethyl adjacent to an activating group) is 1. The van der Waals surface area contributed by atoms with Crippen LogP contribution in [0.15, 0.2) is 89.8 Å². The van der Waals surface area contributed by atoms with E-state index in [4.69, 9.17) is 23.8 Å². The molecule has 0 unspecified atom stereocenters. The second-order valence-electron chi connectivity index (χ2n) is 10.4. The lowest BCUT2D eigenvalue weighted by molar-refractivity contribution is -0.192. The first kappa shape index (κ1) is 37.9. The number of hydrogen-bond donors (Lipinski definition) is 4. The maximum atomic E-state index is 12.8. The Kier molecular flexibility index (Phi) is 14.4. The fraction of sp³-hybridized carbons (Fsp3) is 0.294. The fourth-order valence-electron chi connectivity index (χ4n) is 4.53. The van der Waals surface area contributed by atoms with Crippen LogP contribution in [0, 0.1) is 0 Å². The quantitative estimate of drug-likeness (QED) is 0.113. The lowest BCUT2D eigenvalue weighted by atomic mass is 10.1. The highest BCUT2D eigenvalue weighted by molar-refractivity contribution is 6.00. The number of urea groups is 1. The van der Waals surface area contributed by atoms with Crippen molar-refractivity contribution in [1.29, 1.82) is 0 Å². The highest BCUT2D eigenvalue weighted by atomic mass is 19.4. The van der Waals surface area contributed by atoms with E-state index in [-0.39, 0.29) is 6.54 Å². The average molecular weight is 686 g/mol. The lowest BCUT2D eigenvalue weighted by Gasteiger charge is -2.26. The number of oxazole rings is 1. The van der Waals surface area contributed by atoms with Gasteiger partial charge in [-0.3, -0.25) is 4.90 Å². The minimum Gasteiger partial charge on any atom is -0.496 e. The fourth-order valence-corrected chi connectivity index (χ4v) is 4.53. The van der Waals surface area contributed by atoms with Crippen LogP contribution in [0.2, 0.25) is 0 Å². The molecule has 0 aliphatic carbocycles. The monoisotopic (exact) mass is 685 g/mol. The normalized spacial score (nSPS) is 11.5. The van der Waals surface area contributed by atoms with E-state index in [1.807, 2.05) is 42.5 Å². The van der Waals surface area contributed by atoms with Crippen LogP contribution < -0.4 is 20.7 Å². The first-order valence-corrected chi connectivity index (χ1v) is 15.2. The van der Waals surface area contributed by atoms with Crippen LogP contribution in [0.25, 0.3) is 11.3 Å². The van der Waals surface area contributed by atoms with Crippen molar-refractivity contribution >= 4 is 29.5 Å². The summed E-state index contributed by atoms with van der Waals surface area (Å²) in [5.74, 6) is -1.66. The van der Waals surface area contributed by atoms with E-state index < -0.39 is 30.4 Å². The van der Waals surface area contributed by atoms with Gasteiger partial charge in [0, 0.05) is 30.5 Å². The number of alkyl halides is 3. The number of carboxylic acid groups (broad SMARTS) is 1. The van der Waals surface area contributed by atoms with Gasteiger partial charge in [-0.05, 0) is 54.9 Å². The number of carboxylic acids is 1. The Morgan fingerprint density at radius 2 is 1.67 bits per heavy atom. The van der Waals surface area contributed by atoms with Crippen LogP contribution in [0.4, 0.5) is 34.1 Å². The van der Waals surface area contributed by atoms with Crippen molar-refractivity contribution in [3.63, 3.8) is 0 Å². The number of aliphatic carboxylic acids is 1. The third kappa shape index (κ3) is 12.5. The molecule has 3 aromatic carbocycles. The molecule has 12 nitrogen and oxygen atoms in total. The number of anilines is 2. The van der Waals surface area contributed by atoms with Crippen LogP contribution in [0.3, 0.4) is 0 Å². The van der Waals surface area contributed by atoms with Crippen LogP contribution in [-0.2, 0) is 16.1 Å². The van der Waals surface area contributed by atoms with Crippen LogP contribution in [-0.4, -0.2) is 66.0 Å². The Hall–Kier alpha value is -5.57. The number of hydrogen-bond acceptors (Lipinski definition) is 8. The largest absolute Gasteiger partial charge is 0.496 e. The maximum absolute atomic E-state index is 12.8. The molecule has 0 fully saturated rings. The van der Waals surface area contributed by atoms with Gasteiger partial charge in [-0.15, -0.1) is 0 Å². The Morgan fingerprint density at radius 1 is 0.980 bits per heavy atom. The van der Waals surface area contributed by atoms with Gasteiger partial charge in [-0.25, -0.2) is 19.4 Å². The van der Waals surface area contributed by atoms with Crippen molar-refractivity contribution in [3.05, 3.63) is 96.5 Å². The zero-order valence-electron chi connectivity index (χ0n) is 27.1. The molecule has 1 heterocycles. The Balaban J connectivity index is 0.000000838. The lowest BCUT2D eigenvalue weighted by Crippen LogP contribution is -2.33. The molecule has 1 aromatic heterocycles. The standard InChI is InChI=1S/C32H37N5O5.C2HF3O2/c1-4-16-37(5-2)21-30(24-11-7-6-8-12-24)42-32(39)34-19-23-10-9-13-25(17-23)35-31(38)36-26-14-15-27(28(18-26)40-3)29-20-33-22-41-29;3-2(4,5)1(6)7/h6-15,17-18,20,22,30H,4-5,16,19,21H2,1-3H3,(H,34,39)(H2,35,36,38);(H,6,7)/t30-;/m1./s1. The zero-order chi connectivity index (χ0) is 35.8. The molecule has 3 amide bonds. The van der Waals surface area contributed by atoms with Gasteiger partial charge in [0.05, 0.1) is 18.9 Å². The van der Waals surface area contributed by atoms with Gasteiger partial charge >= 0.3 is 24.3 Å². The second-order valence-corrected chi connectivity index (χ2v) is 10.4. The molecule has 0 radical (unpaired) electrons. The Morgan fingerprint density at radius 3 is 2.27 bits per heavy atom. The van der Waals surface area contributed by atoms with Gasteiger partial charge < -0.3 is 34.9 Å². The molecular weight excluding hydrogens is 647 g/mol. The molecule has 15 heteroatoms. The summed E-state index contributed by atoms with van der Waals surface area (Å²) >= 11 is 0. The highest BCUT2D eigenvalue weighted by Crippen LogP contribution is 2.32. The minimum atomic E-state index is -5.08. The van der Waals surface area contributed by atoms with Crippen molar-refractivity contribution in [1.82, 2.24) is 15.2 Å². The van der Waals surface area contributed by atoms with Crippen molar-refractivity contribution in [2.45, 2.75) is 39.1 Å². The Labute approximate surface area is 281 Å². The van der Waals surface area contributed by atoms with Gasteiger partial charge in [0.2, 0.25) is 0 Å². The first-order valence-electron chi connectivity index (χ1n) is 15.2. The molecule has 0 bridgehead atoms. The van der Waals surface area contributed by atoms with Crippen LogP contribution >= 0.6 is 0 Å². The summed E-state index contributed by atoms with van der Waals surface area (Å²) in [7, 11) is 1.54. The van der Waals surface area contributed by atoms with Crippen molar-refractivity contribution in [2.24, 2.45) is 0 Å². The van der Waals surface area contributed by atoms with Crippen LogP contribution in [0.5, 0.6) is 5.75 Å². The molecule has 0 saturated carbocycles. The summed E-state index contributed by atoms with van der Waals surface area (Å²) in [6.45, 7) is 6.90. The smallest absolute Gasteiger partial charge is 0.490 e. The number of aromatic nitrogens is 1. The molecule has 4 aromatic rings. The van der Waals surface area contributed by atoms with Crippen molar-refractivity contribution in [2.75, 3.05) is 37.4 Å². The van der Waals surface area contributed by atoms with Gasteiger partial charge in [-0.1, -0.05) is 56.3 Å². The summed E-state index contributed by atoms with van der Waals surface area (Å²) < 4.78 is 48.4. The summed E-state index contributed by atoms with van der Waals surface area (Å²) in [4.78, 5) is 40.6. The molecule has 4 rings (SSSR count). The number of carbonyl (C=O) groups is 3. The summed E-state index contributed by atoms with van der Waals surface area (Å²) in [6.07, 6.45) is -2.02. The van der Waals surface area contributed by atoms with Crippen molar-refractivity contribution in [3.8, 4) is 17.1 Å². The molecule has 0 aliphatic heterocycles. The number of rotatable bonds is 13.